The van der Waals surface area contributed by atoms with Crippen molar-refractivity contribution in [1.82, 2.24) is 29.4 Å². The summed E-state index contributed by atoms with van der Waals surface area (Å²) in [5.41, 5.74) is 7.08. The lowest BCUT2D eigenvalue weighted by atomic mass is 9.78. The summed E-state index contributed by atoms with van der Waals surface area (Å²) < 4.78 is 217. The molecule has 2 aliphatic carbocycles. The molecule has 6 aromatic carbocycles. The molecule has 5 fully saturated rings. The molecule has 2 saturated carbocycles. The van der Waals surface area contributed by atoms with Gasteiger partial charge in [-0.3, -0.25) is 28.8 Å². The molecule has 3 saturated heterocycles. The second-order valence-corrected chi connectivity index (χ2v) is 38.7. The summed E-state index contributed by atoms with van der Waals surface area (Å²) in [7, 11) is 0. The Labute approximate surface area is 760 Å². The molecule has 11 heterocycles. The average molecular weight is 1860 g/mol. The zero-order valence-corrected chi connectivity index (χ0v) is 77.0. The van der Waals surface area contributed by atoms with Crippen LogP contribution in [0.2, 0.25) is 0 Å². The van der Waals surface area contributed by atoms with Gasteiger partial charge in [-0.1, -0.05) is 32.4 Å². The molecule has 132 heavy (non-hydrogen) atoms. The maximum atomic E-state index is 13.5. The molecule has 714 valence electrons. The molecule has 0 N–H and O–H groups in total. The number of fused-ring (bicyclic) bond motifs is 6. The van der Waals surface area contributed by atoms with Gasteiger partial charge < -0.3 is 53.4 Å². The van der Waals surface area contributed by atoms with Crippen molar-refractivity contribution in [2.75, 3.05) is 69.1 Å². The van der Waals surface area contributed by atoms with Gasteiger partial charge in [-0.05, 0) is 297 Å². The van der Waals surface area contributed by atoms with Crippen LogP contribution in [-0.4, -0.2) is 166 Å². The number of halogens is 15. The van der Waals surface area contributed by atoms with Gasteiger partial charge in [0.15, 0.2) is 0 Å². The van der Waals surface area contributed by atoms with Gasteiger partial charge in [0.25, 0.3) is 35.4 Å². The standard InChI is InChI=1S/C18H24N2O.C17H21F3N2O.C17H18F3NO2.C16H18F3NO2.C16H16F3NO2.C16H18F3NO/c1-11(2)20-10-17-15(13-4-5-13)6-14(7-16(17)18(20)21)19-8-12(3)9-19;1-9(2)21-8-14-13(16(21)23)5-12(6-15(14)17(18,19)20)22-7-10(3)11(22)4;1-10(2)21-8-14-13(16(21)22)6-12(7-15(14)17(18,19)20)11-4-3-5-23-9-11;2*1-9(2)20-7-13-12(15(20)21)5-11(10-3-4-22-8-10)6-14(13)16(17,18)19;1-9(2)20-8-13-12(15(20)21)6-11(10-4-3-5-10)7-14(13)16(17,18)19/h6-7,11-13H,4-5,8-10H2,1-3H3;5-6,9-11H,7-8H2,1-4H3;4,6-7,10H,3,5,8-9H2,1-2H3;5-6,9-10H,3-4,7-8H2,1-2H3;3,5-6,9H,4,7-8H2,1-2H3;6-7,9-10H,3-5,8H2,1-2H3. The van der Waals surface area contributed by atoms with Crippen LogP contribution in [0.1, 0.15) is 318 Å². The van der Waals surface area contributed by atoms with E-state index in [0.29, 0.717) is 90.2 Å². The topological polar surface area (TPSA) is 156 Å². The van der Waals surface area contributed by atoms with Crippen molar-refractivity contribution in [2.24, 2.45) is 11.8 Å². The first-order chi connectivity index (χ1) is 61.8. The van der Waals surface area contributed by atoms with Crippen LogP contribution in [0.15, 0.2) is 84.9 Å². The molecule has 11 aliphatic heterocycles. The van der Waals surface area contributed by atoms with Gasteiger partial charge in [0.05, 0.1) is 60.9 Å². The van der Waals surface area contributed by atoms with Crippen LogP contribution < -0.4 is 9.80 Å². The van der Waals surface area contributed by atoms with E-state index in [1.165, 1.54) is 72.4 Å². The molecule has 3 atom stereocenters. The third-order valence-electron chi connectivity index (χ3n) is 27.6. The lowest BCUT2D eigenvalue weighted by Gasteiger charge is -2.47. The highest BCUT2D eigenvalue weighted by Gasteiger charge is 2.49. The molecule has 6 aromatic rings. The lowest BCUT2D eigenvalue weighted by molar-refractivity contribution is -0.139. The van der Waals surface area contributed by atoms with E-state index >= 15 is 0 Å². The summed E-state index contributed by atoms with van der Waals surface area (Å²) in [6.07, 6.45) is -11.8. The zero-order valence-electron chi connectivity index (χ0n) is 77.0. The third-order valence-corrected chi connectivity index (χ3v) is 27.6. The number of alkyl halides is 15. The van der Waals surface area contributed by atoms with Crippen molar-refractivity contribution in [3.8, 4) is 0 Å². The van der Waals surface area contributed by atoms with E-state index in [1.54, 1.807) is 64.1 Å². The van der Waals surface area contributed by atoms with Gasteiger partial charge in [-0.15, -0.1) is 0 Å². The molecule has 0 spiro atoms. The van der Waals surface area contributed by atoms with Crippen molar-refractivity contribution in [1.29, 1.82) is 0 Å². The van der Waals surface area contributed by atoms with E-state index in [1.807, 2.05) is 64.3 Å². The van der Waals surface area contributed by atoms with Crippen molar-refractivity contribution < 1.29 is 109 Å². The van der Waals surface area contributed by atoms with Crippen molar-refractivity contribution in [3.05, 3.63) is 207 Å². The van der Waals surface area contributed by atoms with Crippen LogP contribution in [0.25, 0.3) is 11.1 Å². The number of carbonyl (C=O) groups is 6. The van der Waals surface area contributed by atoms with Crippen molar-refractivity contribution in [3.63, 3.8) is 0 Å². The number of hydrogen-bond donors (Lipinski definition) is 0. The monoisotopic (exact) mass is 1860 g/mol. The van der Waals surface area contributed by atoms with Crippen LogP contribution in [0.4, 0.5) is 77.2 Å². The van der Waals surface area contributed by atoms with E-state index < -0.39 is 58.7 Å². The zero-order chi connectivity index (χ0) is 96.1. The number of ether oxygens (including phenoxy) is 3. The van der Waals surface area contributed by atoms with Gasteiger partial charge in [0.2, 0.25) is 0 Å². The number of anilines is 2. The number of carbonyl (C=O) groups excluding carboxylic acids is 6. The molecule has 6 amide bonds. The van der Waals surface area contributed by atoms with Crippen LogP contribution in [-0.2, 0) is 84.4 Å². The van der Waals surface area contributed by atoms with Crippen molar-refractivity contribution in [2.45, 2.75) is 279 Å². The maximum absolute atomic E-state index is 13.5. The van der Waals surface area contributed by atoms with E-state index in [2.05, 4.69) is 44.7 Å². The Morgan fingerprint density at radius 1 is 0.341 bits per heavy atom. The number of hydrogen-bond acceptors (Lipinski definition) is 11. The summed E-state index contributed by atoms with van der Waals surface area (Å²) in [4.78, 5) is 88.6. The first-order valence-electron chi connectivity index (χ1n) is 45.7. The van der Waals surface area contributed by atoms with Crippen LogP contribution >= 0.6 is 0 Å². The molecule has 32 heteroatoms. The van der Waals surface area contributed by atoms with Gasteiger partial charge in [-0.25, -0.2) is 0 Å². The summed E-state index contributed by atoms with van der Waals surface area (Å²) in [5, 5.41) is 0. The molecule has 0 radical (unpaired) electrons. The molecular weight excluding hydrogens is 1740 g/mol. The quantitative estimate of drug-likeness (QED) is 0.101. The fourth-order valence-electron chi connectivity index (χ4n) is 19.3. The Morgan fingerprint density at radius 3 is 1.02 bits per heavy atom. The predicted octanol–water partition coefficient (Wildman–Crippen LogP) is 22.6. The molecule has 19 rings (SSSR count). The van der Waals surface area contributed by atoms with Gasteiger partial charge in [0, 0.05) is 158 Å². The minimum atomic E-state index is -4.48. The molecule has 3 unspecified atom stereocenters. The molecule has 0 bridgehead atoms. The van der Waals surface area contributed by atoms with E-state index in [9.17, 15) is 94.6 Å². The minimum absolute atomic E-state index is 0.0104. The predicted molar refractivity (Wildman–Crippen MR) is 470 cm³/mol. The number of benzene rings is 6. The Morgan fingerprint density at radius 2 is 0.697 bits per heavy atom. The molecule has 0 aromatic heterocycles. The lowest BCUT2D eigenvalue weighted by Crippen LogP contribution is -2.53. The van der Waals surface area contributed by atoms with Gasteiger partial charge >= 0.3 is 30.9 Å². The van der Waals surface area contributed by atoms with Crippen LogP contribution in [0.3, 0.4) is 0 Å². The number of amides is 6. The Balaban J connectivity index is 0.000000127. The average Bonchev–Trinajstić information content (AvgIpc) is 1.41. The van der Waals surface area contributed by atoms with Crippen LogP contribution in [0, 0.1) is 11.8 Å². The normalized spacial score (nSPS) is 20.7. The van der Waals surface area contributed by atoms with E-state index in [-0.39, 0.29) is 191 Å². The highest BCUT2D eigenvalue weighted by molar-refractivity contribution is 6.04. The van der Waals surface area contributed by atoms with Crippen LogP contribution in [0.5, 0.6) is 0 Å². The Kier molecular flexibility index (Phi) is 28.0. The Hall–Kier alpha value is -9.95. The number of nitrogens with zero attached hydrogens (tertiary/aromatic N) is 8. The molecular formula is C100H115F15N8O9. The molecule has 13 aliphatic rings. The van der Waals surface area contributed by atoms with Crippen molar-refractivity contribution >= 4 is 58.0 Å². The number of rotatable bonds is 13. The first kappa shape index (κ1) is 98.1. The minimum Gasteiger partial charge on any atom is -0.381 e. The fourth-order valence-corrected chi connectivity index (χ4v) is 19.3. The van der Waals surface area contributed by atoms with E-state index in [0.717, 1.165) is 69.1 Å². The smallest absolute Gasteiger partial charge is 0.381 e. The highest BCUT2D eigenvalue weighted by atomic mass is 19.4. The third kappa shape index (κ3) is 20.1. The SMILES string of the molecule is CC(C)N1Cc2c(cc(C3=CCCOC3)cc2C(F)(F)F)C1=O.CC(C)N1Cc2c(cc(C3=CCOC3)cc2C(F)(F)F)C1=O.CC(C)N1Cc2c(cc(C3CCC3)cc2C(F)(F)F)C1=O.CC(C)N1Cc2c(cc(C3CCOC3)cc2C(F)(F)F)C1=O.CC1CN(c2cc3c(c(C(F)(F)F)c2)CN(C(C)C)C3=O)C1C.CC1CN(c2cc3c(c(C4CC4)c2)CN(C(C)C)C3=O)C1. The highest BCUT2D eigenvalue weighted by Crippen LogP contribution is 2.51. The second-order valence-electron chi connectivity index (χ2n) is 38.7. The Bertz CT molecular complexity index is 5510. The first-order valence-corrected chi connectivity index (χ1v) is 45.7. The summed E-state index contributed by atoms with van der Waals surface area (Å²) in [6, 6.07) is 18.4. The second kappa shape index (κ2) is 37.7. The fraction of sp³-hybridized carbons (Fsp3) is 0.540. The summed E-state index contributed by atoms with van der Waals surface area (Å²) in [5.74, 6) is 0.730. The van der Waals surface area contributed by atoms with Gasteiger partial charge in [0.1, 0.15) is 0 Å². The largest absolute Gasteiger partial charge is 0.416 e. The van der Waals surface area contributed by atoms with Gasteiger partial charge in [-0.2, -0.15) is 65.9 Å². The maximum Gasteiger partial charge on any atom is 0.416 e. The molecule has 17 nitrogen and oxygen atoms in total. The summed E-state index contributed by atoms with van der Waals surface area (Å²) in [6.45, 7) is 35.1. The van der Waals surface area contributed by atoms with E-state index in [4.69, 9.17) is 14.2 Å². The summed E-state index contributed by atoms with van der Waals surface area (Å²) >= 11 is 0.